The number of hydrogen-bond acceptors (Lipinski definition) is 3. The van der Waals surface area contributed by atoms with Crippen molar-refractivity contribution in [3.8, 4) is 5.69 Å². The first-order valence-electron chi connectivity index (χ1n) is 5.82. The van der Waals surface area contributed by atoms with Crippen LogP contribution in [0.5, 0.6) is 0 Å². The summed E-state index contributed by atoms with van der Waals surface area (Å²) in [7, 11) is 0. The van der Waals surface area contributed by atoms with Gasteiger partial charge in [-0.15, -0.1) is 0 Å². The van der Waals surface area contributed by atoms with Gasteiger partial charge in [-0.1, -0.05) is 0 Å². The van der Waals surface area contributed by atoms with E-state index in [-0.39, 0.29) is 0 Å². The minimum absolute atomic E-state index is 0.356. The first-order valence-corrected chi connectivity index (χ1v) is 5.82. The molecule has 0 unspecified atom stereocenters. The third kappa shape index (κ3) is 2.46. The van der Waals surface area contributed by atoms with Crippen molar-refractivity contribution >= 4 is 5.95 Å². The Bertz CT molecular complexity index is 514. The van der Waals surface area contributed by atoms with Gasteiger partial charge in [0.15, 0.2) is 0 Å². The van der Waals surface area contributed by atoms with E-state index in [2.05, 4.69) is 35.2 Å². The number of hydrogen-bond donors (Lipinski definition) is 1. The fourth-order valence-electron chi connectivity index (χ4n) is 1.80. The van der Waals surface area contributed by atoms with Gasteiger partial charge < -0.3 is 5.32 Å². The van der Waals surface area contributed by atoms with Crippen molar-refractivity contribution in [3.63, 3.8) is 0 Å². The van der Waals surface area contributed by atoms with Crippen LogP contribution in [-0.2, 0) is 0 Å². The van der Waals surface area contributed by atoms with Crippen molar-refractivity contribution in [2.24, 2.45) is 0 Å². The number of rotatable bonds is 3. The minimum atomic E-state index is 0.356. The molecule has 0 bridgehead atoms. The van der Waals surface area contributed by atoms with Gasteiger partial charge in [0.2, 0.25) is 5.95 Å². The summed E-state index contributed by atoms with van der Waals surface area (Å²) in [6.45, 7) is 8.21. The molecule has 2 heterocycles. The molecule has 0 saturated heterocycles. The zero-order valence-electron chi connectivity index (χ0n) is 10.7. The molecule has 0 aliphatic heterocycles. The second kappa shape index (κ2) is 4.57. The summed E-state index contributed by atoms with van der Waals surface area (Å²) in [6, 6.07) is 4.45. The Balaban J connectivity index is 2.42. The Morgan fingerprint density at radius 1 is 1.24 bits per heavy atom. The van der Waals surface area contributed by atoms with E-state index in [0.29, 0.717) is 6.04 Å². The maximum Gasteiger partial charge on any atom is 0.207 e. The van der Waals surface area contributed by atoms with Gasteiger partial charge in [0.1, 0.15) is 0 Å². The van der Waals surface area contributed by atoms with E-state index >= 15 is 0 Å². The summed E-state index contributed by atoms with van der Waals surface area (Å²) in [5, 5.41) is 3.32. The minimum Gasteiger partial charge on any atom is -0.353 e. The highest BCUT2D eigenvalue weighted by Gasteiger charge is 2.08. The van der Waals surface area contributed by atoms with Crippen molar-refractivity contribution < 1.29 is 0 Å². The summed E-state index contributed by atoms with van der Waals surface area (Å²) in [5.74, 6) is 0.855. The van der Waals surface area contributed by atoms with Gasteiger partial charge in [0.05, 0.1) is 11.4 Å². The molecule has 2 rings (SSSR count). The molecule has 0 radical (unpaired) electrons. The van der Waals surface area contributed by atoms with Crippen LogP contribution in [0.25, 0.3) is 5.69 Å². The SMILES string of the molecule is Cc1ccc(-n2ccnc2NC(C)C)c(C)n1. The molecule has 17 heavy (non-hydrogen) atoms. The molecule has 4 nitrogen and oxygen atoms in total. The number of aromatic nitrogens is 3. The number of imidazole rings is 1. The Hall–Kier alpha value is -1.84. The molecule has 0 aliphatic carbocycles. The van der Waals surface area contributed by atoms with Gasteiger partial charge >= 0.3 is 0 Å². The van der Waals surface area contributed by atoms with Crippen LogP contribution < -0.4 is 5.32 Å². The highest BCUT2D eigenvalue weighted by molar-refractivity contribution is 5.45. The van der Waals surface area contributed by atoms with Crippen LogP contribution in [0.4, 0.5) is 5.95 Å². The molecule has 0 fully saturated rings. The first-order chi connectivity index (χ1) is 8.08. The van der Waals surface area contributed by atoms with Crippen LogP contribution >= 0.6 is 0 Å². The quantitative estimate of drug-likeness (QED) is 0.881. The number of nitrogens with one attached hydrogen (secondary N) is 1. The molecule has 1 N–H and O–H groups in total. The van der Waals surface area contributed by atoms with Crippen LogP contribution in [0.3, 0.4) is 0 Å². The lowest BCUT2D eigenvalue weighted by Crippen LogP contribution is -2.14. The van der Waals surface area contributed by atoms with Crippen LogP contribution in [0.1, 0.15) is 25.2 Å². The fourth-order valence-corrected chi connectivity index (χ4v) is 1.80. The summed E-state index contributed by atoms with van der Waals surface area (Å²) >= 11 is 0. The van der Waals surface area contributed by atoms with Gasteiger partial charge in [0, 0.05) is 24.1 Å². The molecule has 2 aromatic heterocycles. The number of pyridine rings is 1. The van der Waals surface area contributed by atoms with Gasteiger partial charge in [0.25, 0.3) is 0 Å². The second-order valence-electron chi connectivity index (χ2n) is 4.48. The van der Waals surface area contributed by atoms with E-state index < -0.39 is 0 Å². The Morgan fingerprint density at radius 3 is 2.65 bits per heavy atom. The van der Waals surface area contributed by atoms with Crippen LogP contribution in [0.15, 0.2) is 24.5 Å². The first kappa shape index (κ1) is 11.6. The molecule has 0 aromatic carbocycles. The lowest BCUT2D eigenvalue weighted by atomic mass is 10.2. The normalized spacial score (nSPS) is 10.9. The molecular weight excluding hydrogens is 212 g/mol. The van der Waals surface area contributed by atoms with Gasteiger partial charge in [-0.25, -0.2) is 4.98 Å². The summed E-state index contributed by atoms with van der Waals surface area (Å²) in [6.07, 6.45) is 3.74. The standard InChI is InChI=1S/C13H18N4/c1-9(2)15-13-14-7-8-17(13)12-6-5-10(3)16-11(12)4/h5-9H,1-4H3,(H,14,15). The smallest absolute Gasteiger partial charge is 0.207 e. The molecule has 0 amide bonds. The molecular formula is C13H18N4. The monoisotopic (exact) mass is 230 g/mol. The fraction of sp³-hybridized carbons (Fsp3) is 0.385. The lowest BCUT2D eigenvalue weighted by molar-refractivity contribution is 0.860. The largest absolute Gasteiger partial charge is 0.353 e. The predicted molar refractivity (Wildman–Crippen MR) is 69.6 cm³/mol. The highest BCUT2D eigenvalue weighted by atomic mass is 15.2. The summed E-state index contributed by atoms with van der Waals surface area (Å²) in [4.78, 5) is 8.79. The average Bonchev–Trinajstić information content (AvgIpc) is 2.65. The van der Waals surface area contributed by atoms with E-state index in [4.69, 9.17) is 0 Å². The molecule has 90 valence electrons. The van der Waals surface area contributed by atoms with Crippen molar-refractivity contribution in [1.82, 2.24) is 14.5 Å². The molecule has 0 saturated carbocycles. The third-order valence-electron chi connectivity index (χ3n) is 2.52. The summed E-state index contributed by atoms with van der Waals surface area (Å²) in [5.41, 5.74) is 3.11. The van der Waals surface area contributed by atoms with E-state index in [9.17, 15) is 0 Å². The van der Waals surface area contributed by atoms with Crippen molar-refractivity contribution in [2.75, 3.05) is 5.32 Å². The maximum atomic E-state index is 4.47. The van der Waals surface area contributed by atoms with Crippen molar-refractivity contribution in [3.05, 3.63) is 35.9 Å². The van der Waals surface area contributed by atoms with E-state index in [1.54, 1.807) is 6.20 Å². The van der Waals surface area contributed by atoms with Crippen molar-refractivity contribution in [2.45, 2.75) is 33.7 Å². The lowest BCUT2D eigenvalue weighted by Gasteiger charge is -2.13. The highest BCUT2D eigenvalue weighted by Crippen LogP contribution is 2.17. The molecule has 0 spiro atoms. The molecule has 4 heteroatoms. The van der Waals surface area contributed by atoms with Crippen molar-refractivity contribution in [1.29, 1.82) is 0 Å². The average molecular weight is 230 g/mol. The van der Waals surface area contributed by atoms with E-state index in [0.717, 1.165) is 23.0 Å². The zero-order chi connectivity index (χ0) is 12.4. The van der Waals surface area contributed by atoms with Gasteiger partial charge in [-0.3, -0.25) is 9.55 Å². The Labute approximate surface area is 102 Å². The maximum absolute atomic E-state index is 4.47. The molecule has 0 aliphatic rings. The number of anilines is 1. The van der Waals surface area contributed by atoms with E-state index in [1.807, 2.05) is 30.7 Å². The summed E-state index contributed by atoms with van der Waals surface area (Å²) < 4.78 is 2.03. The van der Waals surface area contributed by atoms with Gasteiger partial charge in [-0.2, -0.15) is 0 Å². The Kier molecular flexibility index (Phi) is 3.13. The second-order valence-corrected chi connectivity index (χ2v) is 4.48. The topological polar surface area (TPSA) is 42.7 Å². The number of nitrogens with zero attached hydrogens (tertiary/aromatic N) is 3. The van der Waals surface area contributed by atoms with E-state index in [1.165, 1.54) is 0 Å². The Morgan fingerprint density at radius 2 is 2.00 bits per heavy atom. The number of aryl methyl sites for hydroxylation is 2. The van der Waals surface area contributed by atoms with Gasteiger partial charge in [-0.05, 0) is 39.8 Å². The predicted octanol–water partition coefficient (Wildman–Crippen LogP) is 2.70. The van der Waals surface area contributed by atoms with Crippen LogP contribution in [0, 0.1) is 13.8 Å². The third-order valence-corrected chi connectivity index (χ3v) is 2.52. The van der Waals surface area contributed by atoms with Crippen LogP contribution in [0.2, 0.25) is 0 Å². The van der Waals surface area contributed by atoms with Crippen LogP contribution in [-0.4, -0.2) is 20.6 Å². The molecule has 0 atom stereocenters. The zero-order valence-corrected chi connectivity index (χ0v) is 10.7. The molecule has 2 aromatic rings.